The van der Waals surface area contributed by atoms with E-state index in [2.05, 4.69) is 37.9 Å². The highest BCUT2D eigenvalue weighted by Crippen LogP contribution is 2.34. The van der Waals surface area contributed by atoms with Crippen molar-refractivity contribution in [1.29, 1.82) is 0 Å². The van der Waals surface area contributed by atoms with E-state index in [-0.39, 0.29) is 0 Å². The highest BCUT2D eigenvalue weighted by Gasteiger charge is 2.43. The fourth-order valence-corrected chi connectivity index (χ4v) is 3.53. The van der Waals surface area contributed by atoms with E-state index in [1.807, 2.05) is 0 Å². The summed E-state index contributed by atoms with van der Waals surface area (Å²) in [6.45, 7) is 13.2. The molecule has 2 fully saturated rings. The Bertz CT molecular complexity index is 266. The second kappa shape index (κ2) is 5.50. The van der Waals surface area contributed by atoms with Gasteiger partial charge in [-0.25, -0.2) is 0 Å². The summed E-state index contributed by atoms with van der Waals surface area (Å²) in [6, 6.07) is 0. The molecule has 2 rings (SSSR count). The summed E-state index contributed by atoms with van der Waals surface area (Å²) in [7, 11) is 0. The summed E-state index contributed by atoms with van der Waals surface area (Å²) < 4.78 is 0. The Kier molecular flexibility index (Phi) is 4.38. The summed E-state index contributed by atoms with van der Waals surface area (Å²) in [5.41, 5.74) is 0.771. The second-order valence-electron chi connectivity index (χ2n) is 7.40. The molecule has 106 valence electrons. The van der Waals surface area contributed by atoms with Crippen molar-refractivity contribution in [3.8, 4) is 0 Å². The van der Waals surface area contributed by atoms with Crippen LogP contribution in [0.1, 0.15) is 66.2 Å². The van der Waals surface area contributed by atoms with Crippen molar-refractivity contribution < 1.29 is 0 Å². The van der Waals surface area contributed by atoms with Crippen LogP contribution in [0.3, 0.4) is 0 Å². The van der Waals surface area contributed by atoms with Gasteiger partial charge >= 0.3 is 0 Å². The molecule has 2 heteroatoms. The first-order valence-electron chi connectivity index (χ1n) is 7.97. The molecule has 0 aromatic rings. The standard InChI is InChI=1S/C16H32N2/c1-5-14(2)11-18-13-16(9-7-6-8-10-16)17-12-15(18,3)4/h14,17H,5-13H2,1-4H3. The van der Waals surface area contributed by atoms with Crippen LogP contribution < -0.4 is 5.32 Å². The van der Waals surface area contributed by atoms with Crippen molar-refractivity contribution in [1.82, 2.24) is 10.2 Å². The first-order chi connectivity index (χ1) is 8.47. The van der Waals surface area contributed by atoms with E-state index in [9.17, 15) is 0 Å². The van der Waals surface area contributed by atoms with E-state index in [1.54, 1.807) is 0 Å². The molecule has 1 aliphatic carbocycles. The lowest BCUT2D eigenvalue weighted by atomic mass is 9.77. The highest BCUT2D eigenvalue weighted by molar-refractivity contribution is 5.03. The van der Waals surface area contributed by atoms with E-state index < -0.39 is 0 Å². The van der Waals surface area contributed by atoms with E-state index in [1.165, 1.54) is 51.6 Å². The molecular weight excluding hydrogens is 220 g/mol. The summed E-state index contributed by atoms with van der Waals surface area (Å²) >= 11 is 0. The summed E-state index contributed by atoms with van der Waals surface area (Å²) in [6.07, 6.45) is 8.36. The maximum absolute atomic E-state index is 3.90. The van der Waals surface area contributed by atoms with Gasteiger partial charge in [-0.15, -0.1) is 0 Å². The van der Waals surface area contributed by atoms with E-state index in [0.29, 0.717) is 11.1 Å². The SMILES string of the molecule is CCC(C)CN1CC2(CCCCC2)NCC1(C)C. The molecule has 2 aliphatic rings. The molecule has 1 N–H and O–H groups in total. The van der Waals surface area contributed by atoms with Gasteiger partial charge in [0.25, 0.3) is 0 Å². The van der Waals surface area contributed by atoms with Crippen molar-refractivity contribution in [2.45, 2.75) is 77.3 Å². The number of nitrogens with zero attached hydrogens (tertiary/aromatic N) is 1. The summed E-state index contributed by atoms with van der Waals surface area (Å²) in [5, 5.41) is 3.90. The fourth-order valence-electron chi connectivity index (χ4n) is 3.53. The van der Waals surface area contributed by atoms with Crippen molar-refractivity contribution in [3.05, 3.63) is 0 Å². The number of hydrogen-bond acceptors (Lipinski definition) is 2. The van der Waals surface area contributed by atoms with Gasteiger partial charge in [0.15, 0.2) is 0 Å². The highest BCUT2D eigenvalue weighted by atomic mass is 15.3. The molecule has 18 heavy (non-hydrogen) atoms. The Morgan fingerprint density at radius 1 is 1.17 bits per heavy atom. The maximum Gasteiger partial charge on any atom is 0.0309 e. The maximum atomic E-state index is 3.90. The van der Waals surface area contributed by atoms with Gasteiger partial charge in [0, 0.05) is 30.7 Å². The summed E-state index contributed by atoms with van der Waals surface area (Å²) in [4.78, 5) is 2.77. The van der Waals surface area contributed by atoms with Crippen LogP contribution in [0.4, 0.5) is 0 Å². The van der Waals surface area contributed by atoms with Gasteiger partial charge in [0.2, 0.25) is 0 Å². The van der Waals surface area contributed by atoms with Crippen molar-refractivity contribution in [2.75, 3.05) is 19.6 Å². The van der Waals surface area contributed by atoms with Crippen LogP contribution in [-0.2, 0) is 0 Å². The van der Waals surface area contributed by atoms with Gasteiger partial charge in [0.1, 0.15) is 0 Å². The lowest BCUT2D eigenvalue weighted by Crippen LogP contribution is -2.69. The molecule has 0 bridgehead atoms. The van der Waals surface area contributed by atoms with Crippen molar-refractivity contribution in [2.24, 2.45) is 5.92 Å². The van der Waals surface area contributed by atoms with Gasteiger partial charge in [-0.1, -0.05) is 39.5 Å². The normalized spacial score (nSPS) is 29.3. The van der Waals surface area contributed by atoms with Crippen LogP contribution >= 0.6 is 0 Å². The number of hydrogen-bond donors (Lipinski definition) is 1. The van der Waals surface area contributed by atoms with Crippen molar-refractivity contribution in [3.63, 3.8) is 0 Å². The molecule has 1 spiro atoms. The quantitative estimate of drug-likeness (QED) is 0.828. The molecule has 0 amide bonds. The lowest BCUT2D eigenvalue weighted by molar-refractivity contribution is 0.00174. The van der Waals surface area contributed by atoms with Crippen LogP contribution in [0.15, 0.2) is 0 Å². The van der Waals surface area contributed by atoms with Crippen molar-refractivity contribution >= 4 is 0 Å². The van der Waals surface area contributed by atoms with Crippen LogP contribution in [0.25, 0.3) is 0 Å². The average molecular weight is 252 g/mol. The molecule has 2 nitrogen and oxygen atoms in total. The summed E-state index contributed by atoms with van der Waals surface area (Å²) in [5.74, 6) is 0.822. The zero-order valence-electron chi connectivity index (χ0n) is 12.9. The molecule has 0 radical (unpaired) electrons. The Hall–Kier alpha value is -0.0800. The number of rotatable bonds is 3. The topological polar surface area (TPSA) is 15.3 Å². The Morgan fingerprint density at radius 3 is 2.44 bits per heavy atom. The van der Waals surface area contributed by atoms with E-state index in [0.717, 1.165) is 12.5 Å². The predicted molar refractivity (Wildman–Crippen MR) is 78.9 cm³/mol. The van der Waals surface area contributed by atoms with E-state index in [4.69, 9.17) is 0 Å². The molecule has 1 unspecified atom stereocenters. The monoisotopic (exact) mass is 252 g/mol. The average Bonchev–Trinajstić information content (AvgIpc) is 2.36. The smallest absolute Gasteiger partial charge is 0.0309 e. The minimum absolute atomic E-state index is 0.326. The van der Waals surface area contributed by atoms with E-state index >= 15 is 0 Å². The predicted octanol–water partition coefficient (Wildman–Crippen LogP) is 3.42. The van der Waals surface area contributed by atoms with Gasteiger partial charge < -0.3 is 5.32 Å². The third-order valence-electron chi connectivity index (χ3n) is 5.29. The minimum Gasteiger partial charge on any atom is -0.308 e. The van der Waals surface area contributed by atoms with Crippen LogP contribution in [0.5, 0.6) is 0 Å². The third-order valence-corrected chi connectivity index (χ3v) is 5.29. The van der Waals surface area contributed by atoms with Gasteiger partial charge in [-0.3, -0.25) is 4.90 Å². The van der Waals surface area contributed by atoms with Gasteiger partial charge in [0.05, 0.1) is 0 Å². The molecule has 0 aromatic heterocycles. The largest absolute Gasteiger partial charge is 0.308 e. The number of nitrogens with one attached hydrogen (secondary N) is 1. The lowest BCUT2D eigenvalue weighted by Gasteiger charge is -2.54. The first kappa shape index (κ1) is 14.3. The van der Waals surface area contributed by atoms with Crippen LogP contribution in [-0.4, -0.2) is 35.6 Å². The Morgan fingerprint density at radius 2 is 1.83 bits per heavy atom. The number of piperazine rings is 1. The molecule has 1 saturated carbocycles. The van der Waals surface area contributed by atoms with Crippen LogP contribution in [0.2, 0.25) is 0 Å². The molecule has 1 atom stereocenters. The Balaban J connectivity index is 2.04. The van der Waals surface area contributed by atoms with Gasteiger partial charge in [-0.05, 0) is 32.6 Å². The third kappa shape index (κ3) is 3.08. The van der Waals surface area contributed by atoms with Gasteiger partial charge in [-0.2, -0.15) is 0 Å². The van der Waals surface area contributed by atoms with Crippen LogP contribution in [0, 0.1) is 5.92 Å². The first-order valence-corrected chi connectivity index (χ1v) is 7.97. The Labute approximate surface area is 114 Å². The molecule has 0 aromatic carbocycles. The zero-order valence-corrected chi connectivity index (χ0v) is 12.9. The zero-order chi connectivity index (χ0) is 13.2. The molecular formula is C16H32N2. The minimum atomic E-state index is 0.326. The molecule has 1 aliphatic heterocycles. The second-order valence-corrected chi connectivity index (χ2v) is 7.40. The molecule has 1 saturated heterocycles. The fraction of sp³-hybridized carbons (Fsp3) is 1.00. The molecule has 1 heterocycles.